The molecule has 4 nitrogen and oxygen atoms in total. The summed E-state index contributed by atoms with van der Waals surface area (Å²) >= 11 is 3.45. The van der Waals surface area contributed by atoms with Crippen molar-refractivity contribution in [1.29, 1.82) is 0 Å². The van der Waals surface area contributed by atoms with Gasteiger partial charge in [0, 0.05) is 16.2 Å². The van der Waals surface area contributed by atoms with Crippen LogP contribution < -0.4 is 5.32 Å². The van der Waals surface area contributed by atoms with Crippen LogP contribution in [0.1, 0.15) is 18.5 Å². The van der Waals surface area contributed by atoms with Crippen LogP contribution >= 0.6 is 15.9 Å². The number of hydrogen-bond donors (Lipinski definition) is 2. The molecule has 0 aliphatic heterocycles. The molecule has 0 saturated carbocycles. The van der Waals surface area contributed by atoms with Crippen molar-refractivity contribution >= 4 is 32.8 Å². The van der Waals surface area contributed by atoms with Crippen LogP contribution in [0.4, 0.5) is 10.2 Å². The van der Waals surface area contributed by atoms with Gasteiger partial charge in [0.1, 0.15) is 23.6 Å². The fourth-order valence-corrected chi connectivity index (χ4v) is 3.14. The van der Waals surface area contributed by atoms with Crippen LogP contribution in [-0.4, -0.2) is 15.0 Å². The van der Waals surface area contributed by atoms with E-state index in [2.05, 4.69) is 36.2 Å². The summed E-state index contributed by atoms with van der Waals surface area (Å²) in [5.41, 5.74) is 3.81. The Labute approximate surface area is 158 Å². The molecule has 0 saturated heterocycles. The summed E-state index contributed by atoms with van der Waals surface area (Å²) in [6.07, 6.45) is 1.53. The van der Waals surface area contributed by atoms with Crippen molar-refractivity contribution in [3.8, 4) is 11.3 Å². The molecule has 26 heavy (non-hydrogen) atoms. The Hall–Kier alpha value is -2.73. The molecule has 6 heteroatoms. The highest BCUT2D eigenvalue weighted by atomic mass is 79.9. The molecule has 4 aromatic rings. The molecule has 2 N–H and O–H groups in total. The minimum absolute atomic E-state index is 0.0141. The van der Waals surface area contributed by atoms with E-state index in [4.69, 9.17) is 0 Å². The number of benzene rings is 2. The van der Waals surface area contributed by atoms with Crippen molar-refractivity contribution in [3.05, 3.63) is 76.8 Å². The third-order valence-electron chi connectivity index (χ3n) is 4.30. The van der Waals surface area contributed by atoms with Crippen molar-refractivity contribution < 1.29 is 4.39 Å². The molecule has 1 atom stereocenters. The van der Waals surface area contributed by atoms with Gasteiger partial charge in [-0.2, -0.15) is 0 Å². The number of nitrogens with zero attached hydrogens (tertiary/aromatic N) is 2. The monoisotopic (exact) mass is 410 g/mol. The van der Waals surface area contributed by atoms with Gasteiger partial charge in [-0.3, -0.25) is 0 Å². The molecule has 2 heterocycles. The predicted molar refractivity (Wildman–Crippen MR) is 105 cm³/mol. The quantitative estimate of drug-likeness (QED) is 0.453. The first-order valence-corrected chi connectivity index (χ1v) is 9.01. The predicted octanol–water partition coefficient (Wildman–Crippen LogP) is 5.70. The number of rotatable bonds is 4. The molecule has 0 spiro atoms. The highest BCUT2D eigenvalue weighted by Gasteiger charge is 2.12. The molecule has 0 fully saturated rings. The first kappa shape index (κ1) is 16.7. The minimum Gasteiger partial charge on any atom is -0.363 e. The van der Waals surface area contributed by atoms with Crippen LogP contribution in [-0.2, 0) is 0 Å². The van der Waals surface area contributed by atoms with E-state index in [-0.39, 0.29) is 11.9 Å². The molecule has 2 aromatic carbocycles. The average molecular weight is 411 g/mol. The molecule has 130 valence electrons. The normalized spacial score (nSPS) is 12.3. The van der Waals surface area contributed by atoms with Gasteiger partial charge < -0.3 is 10.3 Å². The summed E-state index contributed by atoms with van der Waals surface area (Å²) in [5.74, 6) is 0.501. The van der Waals surface area contributed by atoms with Gasteiger partial charge in [-0.05, 0) is 48.4 Å². The SMILES string of the molecule is C[C@@H](Nc1ncnc2[nH]c(-c3ccc(Br)cc3)cc12)c1ccc(F)cc1. The molecule has 0 amide bonds. The third kappa shape index (κ3) is 3.32. The number of hydrogen-bond acceptors (Lipinski definition) is 3. The largest absolute Gasteiger partial charge is 0.363 e. The summed E-state index contributed by atoms with van der Waals surface area (Å²) in [6, 6.07) is 16.6. The number of fused-ring (bicyclic) bond motifs is 1. The Bertz CT molecular complexity index is 1040. The summed E-state index contributed by atoms with van der Waals surface area (Å²) in [5, 5.41) is 4.31. The van der Waals surface area contributed by atoms with E-state index < -0.39 is 0 Å². The number of halogens is 2. The van der Waals surface area contributed by atoms with E-state index in [1.54, 1.807) is 12.1 Å². The zero-order chi connectivity index (χ0) is 18.1. The van der Waals surface area contributed by atoms with E-state index in [9.17, 15) is 4.39 Å². The van der Waals surface area contributed by atoms with Gasteiger partial charge in [-0.25, -0.2) is 14.4 Å². The number of anilines is 1. The van der Waals surface area contributed by atoms with E-state index >= 15 is 0 Å². The van der Waals surface area contributed by atoms with E-state index in [1.165, 1.54) is 18.5 Å². The lowest BCUT2D eigenvalue weighted by molar-refractivity contribution is 0.626. The van der Waals surface area contributed by atoms with Crippen LogP contribution in [0.15, 0.2) is 65.4 Å². The Morgan fingerprint density at radius 2 is 1.77 bits per heavy atom. The summed E-state index contributed by atoms with van der Waals surface area (Å²) in [7, 11) is 0. The maximum atomic E-state index is 13.1. The van der Waals surface area contributed by atoms with Gasteiger partial charge in [-0.1, -0.05) is 40.2 Å². The smallest absolute Gasteiger partial charge is 0.143 e. The van der Waals surface area contributed by atoms with Gasteiger partial charge in [0.25, 0.3) is 0 Å². The molecule has 0 aliphatic rings. The zero-order valence-corrected chi connectivity index (χ0v) is 15.6. The van der Waals surface area contributed by atoms with Crippen LogP contribution in [0.3, 0.4) is 0 Å². The van der Waals surface area contributed by atoms with Crippen molar-refractivity contribution in [3.63, 3.8) is 0 Å². The van der Waals surface area contributed by atoms with Gasteiger partial charge in [0.2, 0.25) is 0 Å². The van der Waals surface area contributed by atoms with Gasteiger partial charge >= 0.3 is 0 Å². The molecule has 0 radical (unpaired) electrons. The van der Waals surface area contributed by atoms with E-state index in [0.717, 1.165) is 38.1 Å². The highest BCUT2D eigenvalue weighted by Crippen LogP contribution is 2.29. The zero-order valence-electron chi connectivity index (χ0n) is 14.0. The standard InChI is InChI=1S/C20H16BrFN4/c1-12(13-4-8-16(22)9-5-13)25-19-17-10-18(26-20(17)24-11-23-19)14-2-6-15(21)7-3-14/h2-12H,1H3,(H2,23,24,25,26)/t12-/m1/s1. The second-order valence-electron chi connectivity index (χ2n) is 6.09. The Balaban J connectivity index is 1.67. The minimum atomic E-state index is -0.241. The van der Waals surface area contributed by atoms with Crippen LogP contribution in [0, 0.1) is 5.82 Å². The topological polar surface area (TPSA) is 53.6 Å². The Kier molecular flexibility index (Phi) is 4.42. The number of aromatic amines is 1. The number of aromatic nitrogens is 3. The van der Waals surface area contributed by atoms with Crippen molar-refractivity contribution in [2.45, 2.75) is 13.0 Å². The van der Waals surface area contributed by atoms with E-state index in [0.29, 0.717) is 0 Å². The Morgan fingerprint density at radius 1 is 1.04 bits per heavy atom. The van der Waals surface area contributed by atoms with Crippen LogP contribution in [0.25, 0.3) is 22.3 Å². The molecule has 0 unspecified atom stereocenters. The van der Waals surface area contributed by atoms with E-state index in [1.807, 2.05) is 37.3 Å². The summed E-state index contributed by atoms with van der Waals surface area (Å²) in [4.78, 5) is 12.1. The van der Waals surface area contributed by atoms with Gasteiger partial charge in [0.15, 0.2) is 0 Å². The molecule has 4 rings (SSSR count). The second kappa shape index (κ2) is 6.88. The lowest BCUT2D eigenvalue weighted by Gasteiger charge is -2.15. The molecule has 0 aliphatic carbocycles. The Morgan fingerprint density at radius 3 is 2.50 bits per heavy atom. The van der Waals surface area contributed by atoms with Crippen LogP contribution in [0.2, 0.25) is 0 Å². The molecule has 2 aromatic heterocycles. The second-order valence-corrected chi connectivity index (χ2v) is 7.01. The lowest BCUT2D eigenvalue weighted by Crippen LogP contribution is -2.08. The molecular formula is C20H16BrFN4. The maximum absolute atomic E-state index is 13.1. The lowest BCUT2D eigenvalue weighted by atomic mass is 10.1. The number of H-pyrrole nitrogens is 1. The average Bonchev–Trinajstić information content (AvgIpc) is 3.08. The molecule has 0 bridgehead atoms. The number of nitrogens with one attached hydrogen (secondary N) is 2. The van der Waals surface area contributed by atoms with Crippen molar-refractivity contribution in [2.24, 2.45) is 0 Å². The summed E-state index contributed by atoms with van der Waals surface area (Å²) in [6.45, 7) is 2.02. The first-order valence-electron chi connectivity index (χ1n) is 8.22. The third-order valence-corrected chi connectivity index (χ3v) is 4.83. The van der Waals surface area contributed by atoms with Crippen molar-refractivity contribution in [1.82, 2.24) is 15.0 Å². The van der Waals surface area contributed by atoms with Gasteiger partial charge in [0.05, 0.1) is 5.39 Å². The first-order chi connectivity index (χ1) is 12.6. The fraction of sp³-hybridized carbons (Fsp3) is 0.100. The summed E-state index contributed by atoms with van der Waals surface area (Å²) < 4.78 is 14.2. The maximum Gasteiger partial charge on any atom is 0.143 e. The fourth-order valence-electron chi connectivity index (χ4n) is 2.88. The highest BCUT2D eigenvalue weighted by molar-refractivity contribution is 9.10. The van der Waals surface area contributed by atoms with Gasteiger partial charge in [-0.15, -0.1) is 0 Å². The van der Waals surface area contributed by atoms with Crippen molar-refractivity contribution in [2.75, 3.05) is 5.32 Å². The molecular weight excluding hydrogens is 395 g/mol. The van der Waals surface area contributed by atoms with Crippen LogP contribution in [0.5, 0.6) is 0 Å².